The van der Waals surface area contributed by atoms with Crippen molar-refractivity contribution in [3.63, 3.8) is 0 Å². The van der Waals surface area contributed by atoms with Crippen LogP contribution in [0.25, 0.3) is 6.20 Å². The van der Waals surface area contributed by atoms with Gasteiger partial charge in [-0.3, -0.25) is 9.18 Å². The van der Waals surface area contributed by atoms with E-state index in [0.29, 0.717) is 49.6 Å². The first-order valence-corrected chi connectivity index (χ1v) is 12.4. The van der Waals surface area contributed by atoms with Gasteiger partial charge >= 0.3 is 0 Å². The minimum atomic E-state index is -0.598. The third-order valence-corrected chi connectivity index (χ3v) is 8.37. The van der Waals surface area contributed by atoms with Crippen molar-refractivity contribution in [2.45, 2.75) is 52.0 Å². The Bertz CT molecular complexity index is 891. The fraction of sp³-hybridized carbons (Fsp3) is 0.760. The fourth-order valence-electron chi connectivity index (χ4n) is 6.88. The topological polar surface area (TPSA) is 79.6 Å². The quantitative estimate of drug-likeness (QED) is 0.654. The predicted octanol–water partition coefficient (Wildman–Crippen LogP) is 3.10. The van der Waals surface area contributed by atoms with Gasteiger partial charge in [-0.15, -0.1) is 0 Å². The van der Waals surface area contributed by atoms with Crippen LogP contribution in [0.2, 0.25) is 0 Å². The molecule has 4 saturated carbocycles. The van der Waals surface area contributed by atoms with E-state index in [1.54, 1.807) is 23.2 Å². The lowest BCUT2D eigenvalue weighted by atomic mass is 9.48. The van der Waals surface area contributed by atoms with Gasteiger partial charge in [0.15, 0.2) is 0 Å². The molecule has 33 heavy (non-hydrogen) atoms. The first kappa shape index (κ1) is 22.8. The van der Waals surface area contributed by atoms with Crippen LogP contribution in [0.15, 0.2) is 12.3 Å². The highest BCUT2D eigenvalue weighted by Gasteiger charge is 2.55. The van der Waals surface area contributed by atoms with Crippen LogP contribution in [0.5, 0.6) is 0 Å². The van der Waals surface area contributed by atoms with Gasteiger partial charge in [0, 0.05) is 37.4 Å². The second-order valence-electron chi connectivity index (χ2n) is 11.5. The Morgan fingerprint density at radius 1 is 1.30 bits per heavy atom. The smallest absolute Gasteiger partial charge is 0.256 e. The lowest BCUT2D eigenvalue weighted by Crippen LogP contribution is -2.60. The van der Waals surface area contributed by atoms with Crippen molar-refractivity contribution in [1.82, 2.24) is 15.1 Å². The van der Waals surface area contributed by atoms with Crippen LogP contribution in [0, 0.1) is 28.6 Å². The van der Waals surface area contributed by atoms with E-state index in [-0.39, 0.29) is 24.0 Å². The van der Waals surface area contributed by atoms with Gasteiger partial charge in [0.05, 0.1) is 26.1 Å². The Balaban J connectivity index is 1.39. The van der Waals surface area contributed by atoms with Gasteiger partial charge in [0.2, 0.25) is 0 Å². The average molecular weight is 461 g/mol. The number of allylic oxidation sites excluding steroid dienone is 1. The highest BCUT2D eigenvalue weighted by Crippen LogP contribution is 2.59. The highest BCUT2D eigenvalue weighted by molar-refractivity contribution is 5.99. The minimum Gasteiger partial charge on any atom is -0.396 e. The molecule has 1 aromatic heterocycles. The van der Waals surface area contributed by atoms with Crippen molar-refractivity contribution >= 4 is 17.9 Å². The van der Waals surface area contributed by atoms with Gasteiger partial charge in [0.25, 0.3) is 5.91 Å². The van der Waals surface area contributed by atoms with E-state index < -0.39 is 12.1 Å². The van der Waals surface area contributed by atoms with Crippen molar-refractivity contribution in [3.8, 4) is 0 Å². The molecule has 2 unspecified atom stereocenters. The zero-order valence-electron chi connectivity index (χ0n) is 19.8. The van der Waals surface area contributed by atoms with Crippen LogP contribution in [0.1, 0.15) is 56.3 Å². The molecule has 1 amide bonds. The Morgan fingerprint density at radius 2 is 2.00 bits per heavy atom. The van der Waals surface area contributed by atoms with Crippen LogP contribution < -0.4 is 10.2 Å². The molecule has 1 aromatic rings. The van der Waals surface area contributed by atoms with E-state index in [4.69, 9.17) is 4.74 Å². The third-order valence-electron chi connectivity index (χ3n) is 8.37. The lowest BCUT2D eigenvalue weighted by Gasteiger charge is -2.59. The molecule has 4 aliphatic carbocycles. The number of morpholine rings is 1. The van der Waals surface area contributed by atoms with E-state index in [9.17, 15) is 14.3 Å². The summed E-state index contributed by atoms with van der Waals surface area (Å²) in [4.78, 5) is 15.7. The summed E-state index contributed by atoms with van der Waals surface area (Å²) in [6.07, 6.45) is 10.7. The number of halogens is 1. The number of hydrogen-bond acceptors (Lipinski definition) is 5. The molecular weight excluding hydrogens is 423 g/mol. The molecule has 5 aliphatic rings. The molecular formula is C25H37FN4O3. The molecule has 182 valence electrons. The standard InChI is InChI=1S/C25H37FN4O3/c1-24(2,15-26)3-4-30-23(29-5-7-33-8-6-29)20(14-27-30)22(32)28-21-18-9-17-10-19(21)13-25(11-17,12-18)16-31/h3-4,14,17-19,21,31H,5-13,15-16H2,1-2H3,(H,28,32)/b4-3+/t17?,18?,19?,21-,25-. The molecule has 0 spiro atoms. The molecule has 1 saturated heterocycles. The van der Waals surface area contributed by atoms with Crippen molar-refractivity contribution in [3.05, 3.63) is 17.8 Å². The Morgan fingerprint density at radius 3 is 2.64 bits per heavy atom. The number of anilines is 1. The normalized spacial score (nSPS) is 33.8. The third kappa shape index (κ3) is 4.32. The van der Waals surface area contributed by atoms with Crippen molar-refractivity contribution < 1.29 is 19.0 Å². The molecule has 0 radical (unpaired) electrons. The summed E-state index contributed by atoms with van der Waals surface area (Å²) in [7, 11) is 0. The van der Waals surface area contributed by atoms with E-state index in [0.717, 1.165) is 37.9 Å². The number of alkyl halides is 1. The number of carbonyl (C=O) groups excluding carboxylic acids is 1. The lowest BCUT2D eigenvalue weighted by molar-refractivity contribution is -0.0969. The predicted molar refractivity (Wildman–Crippen MR) is 125 cm³/mol. The van der Waals surface area contributed by atoms with Crippen molar-refractivity contribution in [1.29, 1.82) is 0 Å². The number of aromatic nitrogens is 2. The molecule has 1 aliphatic heterocycles. The summed E-state index contributed by atoms with van der Waals surface area (Å²) < 4.78 is 20.6. The Kier molecular flexibility index (Phi) is 6.02. The molecule has 8 heteroatoms. The zero-order chi connectivity index (χ0) is 23.2. The first-order valence-electron chi connectivity index (χ1n) is 12.4. The molecule has 7 nitrogen and oxygen atoms in total. The summed E-state index contributed by atoms with van der Waals surface area (Å²) in [5, 5.41) is 17.9. The van der Waals surface area contributed by atoms with Gasteiger partial charge < -0.3 is 20.1 Å². The molecule has 6 rings (SSSR count). The first-order chi connectivity index (χ1) is 15.8. The maximum atomic E-state index is 13.6. The summed E-state index contributed by atoms with van der Waals surface area (Å²) in [5.74, 6) is 2.24. The van der Waals surface area contributed by atoms with Gasteiger partial charge in [-0.25, -0.2) is 4.68 Å². The second kappa shape index (κ2) is 8.69. The summed E-state index contributed by atoms with van der Waals surface area (Å²) in [5.41, 5.74) is 0.0419. The van der Waals surface area contributed by atoms with Crippen molar-refractivity contribution in [2.24, 2.45) is 28.6 Å². The second-order valence-corrected chi connectivity index (χ2v) is 11.5. The number of nitrogens with one attached hydrogen (secondary N) is 1. The van der Waals surface area contributed by atoms with Crippen LogP contribution in [-0.4, -0.2) is 66.4 Å². The van der Waals surface area contributed by atoms with E-state index >= 15 is 0 Å². The monoisotopic (exact) mass is 460 g/mol. The maximum Gasteiger partial charge on any atom is 0.256 e. The number of aliphatic hydroxyl groups excluding tert-OH is 1. The SMILES string of the molecule is CC(C)(/C=C/n1ncc(C(=O)N[C@H]2C3CC4CC2C[C@](CO)(C4)C3)c1N1CCOCC1)CF. The Hall–Kier alpha value is -1.93. The zero-order valence-corrected chi connectivity index (χ0v) is 19.8. The molecule has 4 bridgehead atoms. The van der Waals surface area contributed by atoms with Gasteiger partial charge in [-0.2, -0.15) is 5.10 Å². The van der Waals surface area contributed by atoms with Crippen LogP contribution in [0.3, 0.4) is 0 Å². The number of nitrogens with zero attached hydrogens (tertiary/aromatic N) is 3. The number of hydrogen-bond donors (Lipinski definition) is 2. The number of aliphatic hydroxyl groups is 1. The summed E-state index contributed by atoms with van der Waals surface area (Å²) in [6, 6.07) is 0.163. The molecule has 2 heterocycles. The van der Waals surface area contributed by atoms with Crippen LogP contribution in [-0.2, 0) is 4.74 Å². The molecule has 2 N–H and O–H groups in total. The van der Waals surface area contributed by atoms with Gasteiger partial charge in [-0.1, -0.05) is 19.9 Å². The summed E-state index contributed by atoms with van der Waals surface area (Å²) in [6.45, 7) is 6.04. The number of rotatable bonds is 7. The molecule has 0 aromatic carbocycles. The number of amides is 1. The maximum absolute atomic E-state index is 13.6. The number of carbonyl (C=O) groups is 1. The minimum absolute atomic E-state index is 0.0790. The van der Waals surface area contributed by atoms with Gasteiger partial charge in [0.1, 0.15) is 11.4 Å². The Labute approximate surface area is 195 Å². The largest absolute Gasteiger partial charge is 0.396 e. The van der Waals surface area contributed by atoms with E-state index in [2.05, 4.69) is 15.3 Å². The van der Waals surface area contributed by atoms with Crippen molar-refractivity contribution in [2.75, 3.05) is 44.5 Å². The molecule has 2 atom stereocenters. The molecule has 5 fully saturated rings. The average Bonchev–Trinajstić information content (AvgIpc) is 3.24. The van der Waals surface area contributed by atoms with Gasteiger partial charge in [-0.05, 0) is 55.3 Å². The van der Waals surface area contributed by atoms with E-state index in [1.807, 2.05) is 13.8 Å². The summed E-state index contributed by atoms with van der Waals surface area (Å²) >= 11 is 0. The number of ether oxygens (including phenoxy) is 1. The fourth-order valence-corrected chi connectivity index (χ4v) is 6.88. The highest BCUT2D eigenvalue weighted by atomic mass is 19.1. The van der Waals surface area contributed by atoms with Crippen LogP contribution >= 0.6 is 0 Å². The van der Waals surface area contributed by atoms with E-state index in [1.165, 1.54) is 0 Å². The van der Waals surface area contributed by atoms with Crippen LogP contribution in [0.4, 0.5) is 10.2 Å².